The van der Waals surface area contributed by atoms with E-state index in [1.165, 1.54) is 27.1 Å². The Bertz CT molecular complexity index is 2900. The third-order valence-electron chi connectivity index (χ3n) is 9.71. The number of furan rings is 1. The van der Waals surface area contributed by atoms with E-state index in [9.17, 15) is 0 Å². The molecule has 10 rings (SSSR count). The molecule has 0 amide bonds. The molecule has 4 nitrogen and oxygen atoms in total. The molecule has 4 heteroatoms. The van der Waals surface area contributed by atoms with Crippen LogP contribution >= 0.6 is 0 Å². The maximum Gasteiger partial charge on any atom is 0.164 e. The molecule has 0 unspecified atom stereocenters. The molecule has 0 fully saturated rings. The quantitative estimate of drug-likeness (QED) is 0.186. The Labute approximate surface area is 294 Å². The summed E-state index contributed by atoms with van der Waals surface area (Å²) in [5.41, 5.74) is 8.82. The van der Waals surface area contributed by atoms with Crippen molar-refractivity contribution in [2.24, 2.45) is 0 Å². The van der Waals surface area contributed by atoms with Gasteiger partial charge < -0.3 is 4.42 Å². The van der Waals surface area contributed by atoms with Gasteiger partial charge in [-0.25, -0.2) is 15.0 Å². The first-order chi connectivity index (χ1) is 25.2. The Morgan fingerprint density at radius 3 is 1.75 bits per heavy atom. The Kier molecular flexibility index (Phi) is 6.78. The maximum atomic E-state index is 6.53. The second kappa shape index (κ2) is 11.9. The summed E-state index contributed by atoms with van der Waals surface area (Å²) in [6, 6.07) is 61.1. The number of para-hydroxylation sites is 1. The average molecular weight is 652 g/mol. The average Bonchev–Trinajstić information content (AvgIpc) is 3.59. The van der Waals surface area contributed by atoms with Crippen LogP contribution in [-0.2, 0) is 0 Å². The molecular weight excluding hydrogens is 623 g/mol. The van der Waals surface area contributed by atoms with E-state index in [4.69, 9.17) is 19.4 Å². The molecule has 0 aliphatic carbocycles. The fraction of sp³-hybridized carbons (Fsp3) is 0. The normalized spacial score (nSPS) is 11.5. The zero-order valence-corrected chi connectivity index (χ0v) is 27.5. The molecular formula is C47H29N3O. The third-order valence-corrected chi connectivity index (χ3v) is 9.71. The summed E-state index contributed by atoms with van der Waals surface area (Å²) in [4.78, 5) is 15.4. The van der Waals surface area contributed by atoms with Gasteiger partial charge in [0.15, 0.2) is 17.5 Å². The van der Waals surface area contributed by atoms with E-state index >= 15 is 0 Å². The summed E-state index contributed by atoms with van der Waals surface area (Å²) >= 11 is 0. The van der Waals surface area contributed by atoms with E-state index in [0.717, 1.165) is 55.3 Å². The van der Waals surface area contributed by atoms with Crippen LogP contribution in [0.3, 0.4) is 0 Å². The van der Waals surface area contributed by atoms with Crippen LogP contribution in [0.1, 0.15) is 0 Å². The second-order valence-corrected chi connectivity index (χ2v) is 12.8. The summed E-state index contributed by atoms with van der Waals surface area (Å²) in [6.07, 6.45) is 0. The second-order valence-electron chi connectivity index (χ2n) is 12.8. The molecule has 0 atom stereocenters. The lowest BCUT2D eigenvalue weighted by atomic mass is 9.94. The minimum atomic E-state index is 0.594. The first kappa shape index (κ1) is 29.0. The van der Waals surface area contributed by atoms with Crippen LogP contribution in [0.15, 0.2) is 180 Å². The smallest absolute Gasteiger partial charge is 0.164 e. The highest BCUT2D eigenvalue weighted by Crippen LogP contribution is 2.41. The van der Waals surface area contributed by atoms with E-state index in [-0.39, 0.29) is 0 Å². The maximum absolute atomic E-state index is 6.53. The van der Waals surface area contributed by atoms with Crippen LogP contribution in [0, 0.1) is 0 Å². The Morgan fingerprint density at radius 2 is 0.922 bits per heavy atom. The van der Waals surface area contributed by atoms with Gasteiger partial charge in [-0.05, 0) is 68.1 Å². The zero-order valence-electron chi connectivity index (χ0n) is 27.5. The predicted octanol–water partition coefficient (Wildman–Crippen LogP) is 12.4. The highest BCUT2D eigenvalue weighted by Gasteiger charge is 2.20. The van der Waals surface area contributed by atoms with E-state index in [1.54, 1.807) is 0 Å². The first-order valence-electron chi connectivity index (χ1n) is 17.1. The standard InChI is InChI=1S/C47H29N3O/c1-2-13-33(14-3-1)45-48-46(34-24-21-31(22-25-34)36-26-23-30-11-4-5-15-35(30)27-36)50-47(49-45)41-28-37(39-19-10-16-32-12-6-7-17-38(32)39)29-43-44(41)40-18-8-9-20-42(40)51-43/h1-29H. The lowest BCUT2D eigenvalue weighted by Crippen LogP contribution is -2.00. The van der Waals surface area contributed by atoms with Crippen molar-refractivity contribution in [1.29, 1.82) is 0 Å². The largest absolute Gasteiger partial charge is 0.456 e. The fourth-order valence-corrected chi connectivity index (χ4v) is 7.19. The van der Waals surface area contributed by atoms with Crippen LogP contribution < -0.4 is 0 Å². The van der Waals surface area contributed by atoms with Crippen molar-refractivity contribution in [3.63, 3.8) is 0 Å². The van der Waals surface area contributed by atoms with Crippen LogP contribution in [0.25, 0.3) is 99.9 Å². The highest BCUT2D eigenvalue weighted by molar-refractivity contribution is 6.14. The van der Waals surface area contributed by atoms with Gasteiger partial charge in [0.1, 0.15) is 11.2 Å². The van der Waals surface area contributed by atoms with Crippen molar-refractivity contribution in [3.8, 4) is 56.4 Å². The van der Waals surface area contributed by atoms with Crippen molar-refractivity contribution in [3.05, 3.63) is 176 Å². The Hall–Kier alpha value is -6.91. The molecule has 238 valence electrons. The van der Waals surface area contributed by atoms with Crippen LogP contribution in [0.4, 0.5) is 0 Å². The van der Waals surface area contributed by atoms with Gasteiger partial charge in [-0.1, -0.05) is 152 Å². The molecule has 2 heterocycles. The lowest BCUT2D eigenvalue weighted by Gasteiger charge is -2.12. The zero-order chi connectivity index (χ0) is 33.7. The summed E-state index contributed by atoms with van der Waals surface area (Å²) in [7, 11) is 0. The van der Waals surface area contributed by atoms with Gasteiger partial charge in [0.25, 0.3) is 0 Å². The van der Waals surface area contributed by atoms with E-state index < -0.39 is 0 Å². The number of aromatic nitrogens is 3. The number of benzene rings is 8. The monoisotopic (exact) mass is 651 g/mol. The summed E-state index contributed by atoms with van der Waals surface area (Å²) in [5, 5.41) is 6.81. The molecule has 10 aromatic rings. The van der Waals surface area contributed by atoms with Crippen LogP contribution in [0.2, 0.25) is 0 Å². The predicted molar refractivity (Wildman–Crippen MR) is 209 cm³/mol. The molecule has 0 saturated heterocycles. The van der Waals surface area contributed by atoms with Crippen LogP contribution in [-0.4, -0.2) is 15.0 Å². The summed E-state index contributed by atoms with van der Waals surface area (Å²) in [5.74, 6) is 1.82. The van der Waals surface area contributed by atoms with E-state index in [2.05, 4.69) is 127 Å². The van der Waals surface area contributed by atoms with Crippen molar-refractivity contribution < 1.29 is 4.42 Å². The van der Waals surface area contributed by atoms with Crippen molar-refractivity contribution in [1.82, 2.24) is 15.0 Å². The third kappa shape index (κ3) is 5.13. The number of rotatable bonds is 5. The SMILES string of the molecule is c1ccc(-c2nc(-c3ccc(-c4ccc5ccccc5c4)cc3)nc(-c3cc(-c4cccc5ccccc45)cc4oc5ccccc5c34)n2)cc1. The topological polar surface area (TPSA) is 51.8 Å². The first-order valence-corrected chi connectivity index (χ1v) is 17.1. The number of fused-ring (bicyclic) bond motifs is 5. The highest BCUT2D eigenvalue weighted by atomic mass is 16.3. The molecule has 0 saturated carbocycles. The van der Waals surface area contributed by atoms with Crippen molar-refractivity contribution >= 4 is 43.5 Å². The van der Waals surface area contributed by atoms with E-state index in [1.807, 2.05) is 48.5 Å². The number of hydrogen-bond acceptors (Lipinski definition) is 4. The van der Waals surface area contributed by atoms with Gasteiger partial charge in [-0.15, -0.1) is 0 Å². The Morgan fingerprint density at radius 1 is 0.314 bits per heavy atom. The van der Waals surface area contributed by atoms with Gasteiger partial charge >= 0.3 is 0 Å². The van der Waals surface area contributed by atoms with Gasteiger partial charge in [0.05, 0.1) is 0 Å². The lowest BCUT2D eigenvalue weighted by molar-refractivity contribution is 0.669. The summed E-state index contributed by atoms with van der Waals surface area (Å²) < 4.78 is 6.53. The van der Waals surface area contributed by atoms with Crippen LogP contribution in [0.5, 0.6) is 0 Å². The van der Waals surface area contributed by atoms with Gasteiger partial charge in [0, 0.05) is 27.5 Å². The summed E-state index contributed by atoms with van der Waals surface area (Å²) in [6.45, 7) is 0. The fourth-order valence-electron chi connectivity index (χ4n) is 7.19. The number of nitrogens with zero attached hydrogens (tertiary/aromatic N) is 3. The minimum absolute atomic E-state index is 0.594. The molecule has 8 aromatic carbocycles. The number of hydrogen-bond donors (Lipinski definition) is 0. The molecule has 0 spiro atoms. The van der Waals surface area contributed by atoms with Gasteiger partial charge in [0.2, 0.25) is 0 Å². The Balaban J connectivity index is 1.18. The molecule has 0 aliphatic rings. The minimum Gasteiger partial charge on any atom is -0.456 e. The van der Waals surface area contributed by atoms with Crippen molar-refractivity contribution in [2.75, 3.05) is 0 Å². The van der Waals surface area contributed by atoms with E-state index in [0.29, 0.717) is 17.5 Å². The molecule has 0 N–H and O–H groups in total. The van der Waals surface area contributed by atoms with Gasteiger partial charge in [-0.3, -0.25) is 0 Å². The molecule has 0 bridgehead atoms. The molecule has 0 radical (unpaired) electrons. The molecule has 51 heavy (non-hydrogen) atoms. The molecule has 2 aromatic heterocycles. The van der Waals surface area contributed by atoms with Crippen molar-refractivity contribution in [2.45, 2.75) is 0 Å². The van der Waals surface area contributed by atoms with Gasteiger partial charge in [-0.2, -0.15) is 0 Å². The molecule has 0 aliphatic heterocycles.